The van der Waals surface area contributed by atoms with Gasteiger partial charge in [-0.2, -0.15) is 0 Å². The largest absolute Gasteiger partial charge is 0.374 e. The molecule has 0 saturated heterocycles. The van der Waals surface area contributed by atoms with Gasteiger partial charge in [-0.25, -0.2) is 0 Å². The molecule has 0 saturated carbocycles. The molecule has 0 amide bonds. The van der Waals surface area contributed by atoms with E-state index in [9.17, 15) is 0 Å². The number of fused-ring (bicyclic) bond motifs is 11. The second-order valence-corrected chi connectivity index (χ2v) is 11.8. The Morgan fingerprint density at radius 2 is 1.43 bits per heavy atom. The van der Waals surface area contributed by atoms with Crippen molar-refractivity contribution < 1.29 is 0 Å². The monoisotopic (exact) mass is 525 g/mol. The van der Waals surface area contributed by atoms with E-state index in [0.717, 1.165) is 5.69 Å². The first-order valence-corrected chi connectivity index (χ1v) is 14.5. The van der Waals surface area contributed by atoms with Gasteiger partial charge in [0.15, 0.2) is 0 Å². The van der Waals surface area contributed by atoms with Crippen LogP contribution in [0.25, 0.3) is 53.2 Å². The highest BCUT2D eigenvalue weighted by Gasteiger charge is 2.44. The molecule has 0 fully saturated rings. The van der Waals surface area contributed by atoms with Crippen molar-refractivity contribution in [2.45, 2.75) is 0 Å². The van der Waals surface area contributed by atoms with E-state index in [-0.39, 0.29) is 6.85 Å². The van der Waals surface area contributed by atoms with Crippen molar-refractivity contribution in [1.82, 2.24) is 9.46 Å². The molecule has 2 aliphatic rings. The Labute approximate surface area is 234 Å². The van der Waals surface area contributed by atoms with Crippen LogP contribution in [-0.4, -0.2) is 16.3 Å². The van der Waals surface area contributed by atoms with Gasteiger partial charge in [-0.05, 0) is 53.4 Å². The lowest BCUT2D eigenvalue weighted by molar-refractivity contribution is 1.24. The zero-order valence-corrected chi connectivity index (χ0v) is 22.2. The van der Waals surface area contributed by atoms with Crippen molar-refractivity contribution in [2.24, 2.45) is 0 Å². The van der Waals surface area contributed by atoms with Crippen molar-refractivity contribution in [3.63, 3.8) is 0 Å². The molecule has 184 valence electrons. The lowest BCUT2D eigenvalue weighted by atomic mass is 9.45. The first-order chi connectivity index (χ1) is 19.9. The van der Waals surface area contributed by atoms with Gasteiger partial charge in [0.2, 0.25) is 0 Å². The molecule has 0 atom stereocenters. The summed E-state index contributed by atoms with van der Waals surface area (Å²) in [6.45, 7) is 0.0447. The Kier molecular flexibility index (Phi) is 3.89. The normalized spacial score (nSPS) is 13.4. The van der Waals surface area contributed by atoms with Crippen LogP contribution in [0.3, 0.4) is 0 Å². The Bertz CT molecular complexity index is 2350. The average molecular weight is 525 g/mol. The quantitative estimate of drug-likeness (QED) is 0.203. The second kappa shape index (κ2) is 7.41. The third-order valence-corrected chi connectivity index (χ3v) is 9.92. The average Bonchev–Trinajstić information content (AvgIpc) is 3.55. The number of benzene rings is 5. The van der Waals surface area contributed by atoms with E-state index in [1.807, 2.05) is 17.5 Å². The van der Waals surface area contributed by atoms with Crippen LogP contribution < -0.4 is 15.8 Å². The number of hydrogen-bond acceptors (Lipinski definition) is 3. The molecule has 40 heavy (non-hydrogen) atoms. The fourth-order valence-corrected chi connectivity index (χ4v) is 8.47. The van der Waals surface area contributed by atoms with E-state index in [0.29, 0.717) is 0 Å². The van der Waals surface area contributed by atoms with E-state index in [1.54, 1.807) is 0 Å². The Balaban J connectivity index is 1.49. The Morgan fingerprint density at radius 3 is 2.35 bits per heavy atom. The standard InChI is InChI=1S/C35H20BN3S/c1-2-10-21(11-3-1)38-27-16-8-6-14-25(27)36-33-28(38)20-30-31(24-13-5-9-17-29(24)40-30)32(33)34-35-23(18-19-37-34)22-12-4-7-15-26(22)39(35)36/h1-20H. The lowest BCUT2D eigenvalue weighted by Crippen LogP contribution is -2.56. The van der Waals surface area contributed by atoms with E-state index in [4.69, 9.17) is 4.98 Å². The van der Waals surface area contributed by atoms with Gasteiger partial charge in [-0.1, -0.05) is 72.8 Å². The highest BCUT2D eigenvalue weighted by Crippen LogP contribution is 2.49. The molecule has 5 heterocycles. The summed E-state index contributed by atoms with van der Waals surface area (Å²) in [5, 5.41) is 5.19. The van der Waals surface area contributed by atoms with Crippen LogP contribution in [0.5, 0.6) is 0 Å². The topological polar surface area (TPSA) is 21.1 Å². The van der Waals surface area contributed by atoms with Crippen molar-refractivity contribution in [3.8, 4) is 11.3 Å². The molecule has 5 heteroatoms. The minimum absolute atomic E-state index is 0.0447. The molecule has 0 unspecified atom stereocenters. The van der Waals surface area contributed by atoms with Crippen molar-refractivity contribution in [1.29, 1.82) is 0 Å². The molecule has 0 radical (unpaired) electrons. The summed E-state index contributed by atoms with van der Waals surface area (Å²) in [6.07, 6.45) is 2.00. The molecule has 2 aliphatic heterocycles. The molecule has 0 N–H and O–H groups in total. The van der Waals surface area contributed by atoms with E-state index in [1.165, 1.54) is 75.5 Å². The van der Waals surface area contributed by atoms with Gasteiger partial charge in [-0.15, -0.1) is 11.3 Å². The van der Waals surface area contributed by atoms with Gasteiger partial charge in [-0.3, -0.25) is 4.98 Å². The second-order valence-electron chi connectivity index (χ2n) is 10.7. The number of para-hydroxylation sites is 3. The summed E-state index contributed by atoms with van der Waals surface area (Å²) in [6, 6.07) is 42.1. The van der Waals surface area contributed by atoms with Crippen LogP contribution in [0.15, 0.2) is 121 Å². The third-order valence-electron chi connectivity index (χ3n) is 8.80. The van der Waals surface area contributed by atoms with Crippen molar-refractivity contribution >= 4 is 88.2 Å². The van der Waals surface area contributed by atoms with Crippen LogP contribution in [-0.2, 0) is 0 Å². The predicted octanol–water partition coefficient (Wildman–Crippen LogP) is 7.98. The number of anilines is 3. The van der Waals surface area contributed by atoms with Gasteiger partial charge in [0, 0.05) is 65.3 Å². The van der Waals surface area contributed by atoms with Crippen molar-refractivity contribution in [3.05, 3.63) is 121 Å². The smallest absolute Gasteiger partial charge is 0.333 e. The molecule has 5 aromatic carbocycles. The number of thiophene rings is 1. The fourth-order valence-electron chi connectivity index (χ4n) is 7.33. The maximum atomic E-state index is 5.16. The Hall–Kier alpha value is -4.87. The summed E-state index contributed by atoms with van der Waals surface area (Å²) in [4.78, 5) is 7.63. The molecule has 3 aromatic heterocycles. The van der Waals surface area contributed by atoms with E-state index < -0.39 is 0 Å². The first-order valence-electron chi connectivity index (χ1n) is 13.7. The Morgan fingerprint density at radius 1 is 0.650 bits per heavy atom. The fraction of sp³-hybridized carbons (Fsp3) is 0. The van der Waals surface area contributed by atoms with Gasteiger partial charge in [0.1, 0.15) is 0 Å². The maximum Gasteiger partial charge on any atom is 0.333 e. The minimum atomic E-state index is 0.0447. The SMILES string of the molecule is c1ccc(N2c3ccccc3B3c4c2cc2sc5ccccc5c2c4-c2nccc4c5ccccc5n3c24)cc1. The van der Waals surface area contributed by atoms with Gasteiger partial charge >= 0.3 is 6.85 Å². The van der Waals surface area contributed by atoms with Crippen LogP contribution in [0.2, 0.25) is 0 Å². The summed E-state index contributed by atoms with van der Waals surface area (Å²) >= 11 is 1.88. The molecular formula is C35H20BN3S. The summed E-state index contributed by atoms with van der Waals surface area (Å²) in [5.41, 5.74) is 11.2. The highest BCUT2D eigenvalue weighted by atomic mass is 32.1. The molecule has 8 aromatic rings. The number of nitrogens with zero attached hydrogens (tertiary/aromatic N) is 3. The van der Waals surface area contributed by atoms with Gasteiger partial charge in [0.05, 0.1) is 11.2 Å². The molecule has 0 bridgehead atoms. The molecule has 10 rings (SSSR count). The van der Waals surface area contributed by atoms with Gasteiger partial charge < -0.3 is 9.38 Å². The van der Waals surface area contributed by atoms with E-state index >= 15 is 0 Å². The van der Waals surface area contributed by atoms with Crippen LogP contribution in [0, 0.1) is 0 Å². The third kappa shape index (κ3) is 2.45. The van der Waals surface area contributed by atoms with E-state index in [2.05, 4.69) is 125 Å². The van der Waals surface area contributed by atoms with Crippen LogP contribution in [0.1, 0.15) is 0 Å². The zero-order valence-electron chi connectivity index (χ0n) is 21.4. The molecule has 3 nitrogen and oxygen atoms in total. The number of hydrogen-bond donors (Lipinski definition) is 0. The highest BCUT2D eigenvalue weighted by molar-refractivity contribution is 7.26. The molecule has 0 aliphatic carbocycles. The number of rotatable bonds is 1. The summed E-state index contributed by atoms with van der Waals surface area (Å²) < 4.78 is 5.19. The summed E-state index contributed by atoms with van der Waals surface area (Å²) in [5.74, 6) is 0. The first kappa shape index (κ1) is 21.0. The maximum absolute atomic E-state index is 5.16. The summed E-state index contributed by atoms with van der Waals surface area (Å²) in [7, 11) is 0. The predicted molar refractivity (Wildman–Crippen MR) is 171 cm³/mol. The molecular weight excluding hydrogens is 505 g/mol. The number of pyridine rings is 1. The zero-order chi connectivity index (χ0) is 25.9. The van der Waals surface area contributed by atoms with Crippen molar-refractivity contribution in [2.75, 3.05) is 4.90 Å². The van der Waals surface area contributed by atoms with Crippen LogP contribution >= 0.6 is 11.3 Å². The van der Waals surface area contributed by atoms with Crippen LogP contribution in [0.4, 0.5) is 17.1 Å². The minimum Gasteiger partial charge on any atom is -0.374 e. The van der Waals surface area contributed by atoms with Gasteiger partial charge in [0.25, 0.3) is 0 Å². The number of aromatic nitrogens is 2. The molecule has 0 spiro atoms. The lowest BCUT2D eigenvalue weighted by Gasteiger charge is -2.40.